The minimum atomic E-state index is -0.894. The SMILES string of the molecule is Cc1ccc(/C(O)=C2\C(=O)C(=O)N(c3nnc(SCc4ccccc4Cl)s3)C2c2cccnc2)cc1. The lowest BCUT2D eigenvalue weighted by atomic mass is 9.96. The number of carbonyl (C=O) groups excluding carboxylic acids is 2. The van der Waals surface area contributed by atoms with Crippen molar-refractivity contribution in [1.82, 2.24) is 15.2 Å². The minimum absolute atomic E-state index is 0.0164. The van der Waals surface area contributed by atoms with E-state index in [1.54, 1.807) is 36.7 Å². The largest absolute Gasteiger partial charge is 0.507 e. The molecule has 1 unspecified atom stereocenters. The number of Topliss-reactive ketones (excluding diaryl/α,β-unsaturated/α-hetero) is 1. The second-order valence-corrected chi connectivity index (χ2v) is 10.6. The van der Waals surface area contributed by atoms with Crippen LogP contribution in [0.3, 0.4) is 0 Å². The predicted molar refractivity (Wildman–Crippen MR) is 141 cm³/mol. The van der Waals surface area contributed by atoms with Crippen LogP contribution in [0.1, 0.15) is 28.3 Å². The number of hydrogen-bond donors (Lipinski definition) is 1. The molecular weight excluding hydrogens is 516 g/mol. The van der Waals surface area contributed by atoms with Gasteiger partial charge in [-0.1, -0.05) is 88.8 Å². The number of aryl methyl sites for hydroxylation is 1. The molecule has 7 nitrogen and oxygen atoms in total. The van der Waals surface area contributed by atoms with Gasteiger partial charge in [-0.2, -0.15) is 0 Å². The predicted octanol–water partition coefficient (Wildman–Crippen LogP) is 5.81. The molecule has 1 amide bonds. The van der Waals surface area contributed by atoms with Gasteiger partial charge in [-0.3, -0.25) is 19.5 Å². The number of rotatable bonds is 6. The molecule has 0 spiro atoms. The number of ketones is 1. The summed E-state index contributed by atoms with van der Waals surface area (Å²) in [6.45, 7) is 1.93. The number of aliphatic hydroxyl groups excluding tert-OH is 1. The Balaban J connectivity index is 1.53. The average Bonchev–Trinajstić information content (AvgIpc) is 3.46. The summed E-state index contributed by atoms with van der Waals surface area (Å²) in [5.74, 6) is -1.24. The van der Waals surface area contributed by atoms with Crippen LogP contribution in [0.4, 0.5) is 5.13 Å². The van der Waals surface area contributed by atoms with E-state index in [0.29, 0.717) is 26.2 Å². The van der Waals surface area contributed by atoms with Crippen LogP contribution in [0.25, 0.3) is 5.76 Å². The Kier molecular flexibility index (Phi) is 6.86. The van der Waals surface area contributed by atoms with E-state index in [1.807, 2.05) is 43.3 Å². The molecule has 3 heterocycles. The monoisotopic (exact) mass is 534 g/mol. The molecule has 180 valence electrons. The molecule has 0 aliphatic carbocycles. The number of aliphatic hydroxyl groups is 1. The van der Waals surface area contributed by atoms with Crippen LogP contribution >= 0.6 is 34.7 Å². The molecule has 1 saturated heterocycles. The Labute approximate surface area is 220 Å². The van der Waals surface area contributed by atoms with Crippen LogP contribution in [0, 0.1) is 6.92 Å². The lowest BCUT2D eigenvalue weighted by Crippen LogP contribution is -2.29. The van der Waals surface area contributed by atoms with Gasteiger partial charge in [-0.05, 0) is 30.2 Å². The smallest absolute Gasteiger partial charge is 0.301 e. The third-order valence-electron chi connectivity index (χ3n) is 5.68. The van der Waals surface area contributed by atoms with Gasteiger partial charge >= 0.3 is 5.91 Å². The van der Waals surface area contributed by atoms with Gasteiger partial charge in [0.05, 0.1) is 11.6 Å². The molecule has 1 N–H and O–H groups in total. The van der Waals surface area contributed by atoms with Gasteiger partial charge < -0.3 is 5.11 Å². The first-order valence-corrected chi connectivity index (χ1v) is 13.1. The van der Waals surface area contributed by atoms with E-state index in [9.17, 15) is 14.7 Å². The molecule has 1 atom stereocenters. The third kappa shape index (κ3) is 4.65. The fourth-order valence-corrected chi connectivity index (χ4v) is 6.02. The molecule has 4 aromatic rings. The Morgan fingerprint density at radius 1 is 1.08 bits per heavy atom. The van der Waals surface area contributed by atoms with Crippen molar-refractivity contribution in [2.75, 3.05) is 4.90 Å². The number of hydrogen-bond acceptors (Lipinski definition) is 8. The van der Waals surface area contributed by atoms with E-state index < -0.39 is 17.7 Å². The molecule has 0 bridgehead atoms. The molecule has 1 fully saturated rings. The van der Waals surface area contributed by atoms with E-state index in [-0.39, 0.29) is 16.5 Å². The first-order chi connectivity index (χ1) is 17.4. The molecule has 0 saturated carbocycles. The highest BCUT2D eigenvalue weighted by Crippen LogP contribution is 2.44. The summed E-state index contributed by atoms with van der Waals surface area (Å²) in [7, 11) is 0. The minimum Gasteiger partial charge on any atom is -0.507 e. The summed E-state index contributed by atoms with van der Waals surface area (Å²) in [5.41, 5.74) is 2.96. The molecule has 2 aromatic heterocycles. The van der Waals surface area contributed by atoms with Crippen molar-refractivity contribution in [3.8, 4) is 0 Å². The number of halogens is 1. The van der Waals surface area contributed by atoms with E-state index in [0.717, 1.165) is 11.1 Å². The standard InChI is InChI=1S/C26H19ClN4O3S2/c1-15-8-10-16(11-9-15)22(32)20-21(17-6-4-12-28-13-17)31(24(34)23(20)33)25-29-30-26(36-25)35-14-18-5-2-3-7-19(18)27/h2-13,21,32H,14H2,1H3/b22-20+. The maximum absolute atomic E-state index is 13.2. The maximum Gasteiger partial charge on any atom is 0.301 e. The molecule has 2 aromatic carbocycles. The van der Waals surface area contributed by atoms with Crippen LogP contribution in [0.5, 0.6) is 0 Å². The fraction of sp³-hybridized carbons (Fsp3) is 0.115. The van der Waals surface area contributed by atoms with E-state index >= 15 is 0 Å². The third-order valence-corrected chi connectivity index (χ3v) is 8.15. The second-order valence-electron chi connectivity index (χ2n) is 8.05. The van der Waals surface area contributed by atoms with E-state index in [2.05, 4.69) is 15.2 Å². The first-order valence-electron chi connectivity index (χ1n) is 10.9. The van der Waals surface area contributed by atoms with Gasteiger partial charge in [0.2, 0.25) is 5.13 Å². The highest BCUT2D eigenvalue weighted by atomic mass is 35.5. The number of pyridine rings is 1. The number of carbonyl (C=O) groups is 2. The van der Waals surface area contributed by atoms with Gasteiger partial charge in [0.15, 0.2) is 4.34 Å². The van der Waals surface area contributed by atoms with Crippen molar-refractivity contribution in [2.24, 2.45) is 0 Å². The molecular formula is C26H19ClN4O3S2. The second kappa shape index (κ2) is 10.2. The Bertz CT molecular complexity index is 1470. The normalized spacial score (nSPS) is 17.1. The van der Waals surface area contributed by atoms with Crippen LogP contribution < -0.4 is 4.90 Å². The quantitative estimate of drug-likeness (QED) is 0.109. The van der Waals surface area contributed by atoms with Gasteiger partial charge in [-0.15, -0.1) is 10.2 Å². The van der Waals surface area contributed by atoms with Crippen LogP contribution in [-0.2, 0) is 15.3 Å². The Morgan fingerprint density at radius 2 is 1.86 bits per heavy atom. The summed E-state index contributed by atoms with van der Waals surface area (Å²) in [6.07, 6.45) is 3.17. The van der Waals surface area contributed by atoms with Gasteiger partial charge in [0.1, 0.15) is 5.76 Å². The van der Waals surface area contributed by atoms with Crippen LogP contribution in [0.15, 0.2) is 83.0 Å². The van der Waals surface area contributed by atoms with Gasteiger partial charge in [0.25, 0.3) is 5.78 Å². The average molecular weight is 535 g/mol. The fourth-order valence-electron chi connectivity index (χ4n) is 3.86. The zero-order valence-electron chi connectivity index (χ0n) is 19.0. The topological polar surface area (TPSA) is 96.3 Å². The van der Waals surface area contributed by atoms with Gasteiger partial charge in [0, 0.05) is 28.7 Å². The van der Waals surface area contributed by atoms with Crippen molar-refractivity contribution < 1.29 is 14.7 Å². The van der Waals surface area contributed by atoms with Crippen LogP contribution in [0.2, 0.25) is 5.02 Å². The number of aromatic nitrogens is 3. The number of thioether (sulfide) groups is 1. The summed E-state index contributed by atoms with van der Waals surface area (Å²) >= 11 is 8.89. The van der Waals surface area contributed by atoms with Crippen molar-refractivity contribution in [3.63, 3.8) is 0 Å². The summed E-state index contributed by atoms with van der Waals surface area (Å²) < 4.78 is 0.621. The van der Waals surface area contributed by atoms with E-state index in [1.165, 1.54) is 28.0 Å². The van der Waals surface area contributed by atoms with Crippen molar-refractivity contribution in [1.29, 1.82) is 0 Å². The summed E-state index contributed by atoms with van der Waals surface area (Å²) in [5, 5.41) is 20.5. The van der Waals surface area contributed by atoms with Crippen molar-refractivity contribution in [3.05, 3.63) is 106 Å². The first kappa shape index (κ1) is 24.2. The number of anilines is 1. The molecule has 36 heavy (non-hydrogen) atoms. The van der Waals surface area contributed by atoms with E-state index in [4.69, 9.17) is 11.6 Å². The lowest BCUT2D eigenvalue weighted by molar-refractivity contribution is -0.132. The van der Waals surface area contributed by atoms with Crippen molar-refractivity contribution >= 4 is 57.3 Å². The summed E-state index contributed by atoms with van der Waals surface area (Å²) in [4.78, 5) is 31.9. The number of benzene rings is 2. The zero-order valence-corrected chi connectivity index (χ0v) is 21.3. The summed E-state index contributed by atoms with van der Waals surface area (Å²) in [6, 6.07) is 17.2. The zero-order chi connectivity index (χ0) is 25.2. The Morgan fingerprint density at radius 3 is 2.58 bits per heavy atom. The molecule has 1 aliphatic heterocycles. The highest BCUT2D eigenvalue weighted by molar-refractivity contribution is 8.00. The van der Waals surface area contributed by atoms with Crippen molar-refractivity contribution in [2.45, 2.75) is 23.1 Å². The highest BCUT2D eigenvalue weighted by Gasteiger charge is 2.48. The lowest BCUT2D eigenvalue weighted by Gasteiger charge is -2.22. The molecule has 10 heteroatoms. The van der Waals surface area contributed by atoms with Crippen LogP contribution in [-0.4, -0.2) is 32.0 Å². The molecule has 5 rings (SSSR count). The molecule has 0 radical (unpaired) electrons. The number of nitrogens with zero attached hydrogens (tertiary/aromatic N) is 4. The maximum atomic E-state index is 13.2. The van der Waals surface area contributed by atoms with Gasteiger partial charge in [-0.25, -0.2) is 0 Å². The molecule has 1 aliphatic rings. The number of amides is 1. The Hall–Kier alpha value is -3.53.